The summed E-state index contributed by atoms with van der Waals surface area (Å²) < 4.78 is 30.1. The number of carbonyl (C=O) groups is 2. The highest BCUT2D eigenvalue weighted by Crippen LogP contribution is 2.50. The molecule has 2 N–H and O–H groups in total. The van der Waals surface area contributed by atoms with Gasteiger partial charge in [-0.05, 0) is 60.1 Å². The first-order valence-electron chi connectivity index (χ1n) is 15.0. The highest BCUT2D eigenvalue weighted by molar-refractivity contribution is 7.20. The molecule has 1 aliphatic heterocycles. The number of amides is 4. The Hall–Kier alpha value is -5.43. The normalized spacial score (nSPS) is 12.8. The maximum atomic E-state index is 15.0. The molecule has 1 aliphatic rings. The van der Waals surface area contributed by atoms with E-state index >= 15 is 8.78 Å². The van der Waals surface area contributed by atoms with Gasteiger partial charge in [-0.1, -0.05) is 61.2 Å². The van der Waals surface area contributed by atoms with E-state index in [9.17, 15) is 9.59 Å². The van der Waals surface area contributed by atoms with E-state index in [4.69, 9.17) is 0 Å². The van der Waals surface area contributed by atoms with Gasteiger partial charge in [-0.25, -0.2) is 33.7 Å². The van der Waals surface area contributed by atoms with E-state index in [-0.39, 0.29) is 12.1 Å². The van der Waals surface area contributed by atoms with Crippen molar-refractivity contribution in [1.82, 2.24) is 15.4 Å². The lowest BCUT2D eigenvalue weighted by Crippen LogP contribution is -2.46. The monoisotopic (exact) mass is 666 g/mol. The Morgan fingerprint density at radius 2 is 1.65 bits per heavy atom. The second kappa shape index (κ2) is 14.1. The number of anilines is 3. The van der Waals surface area contributed by atoms with Crippen molar-refractivity contribution in [3.05, 3.63) is 138 Å². The van der Waals surface area contributed by atoms with Gasteiger partial charge in [-0.15, -0.1) is 11.3 Å². The largest absolute Gasteiger partial charge is 0.343 e. The van der Waals surface area contributed by atoms with Gasteiger partial charge in [0, 0.05) is 41.0 Å². The van der Waals surface area contributed by atoms with E-state index < -0.39 is 23.7 Å². The number of hydrogen-bond acceptors (Lipinski definition) is 6. The SMILES string of the molecule is C=C1c2c(sc(-c3ccc(NC(=O)NOC)cc3)c2CN(C)Cc2ccccc2)N(Cc2c(F)cccc2F)C(=O)N1c1ccccn1. The van der Waals surface area contributed by atoms with Crippen LogP contribution in [0.25, 0.3) is 16.1 Å². The van der Waals surface area contributed by atoms with Crippen molar-refractivity contribution >= 4 is 45.6 Å². The number of nitrogens with zero attached hydrogens (tertiary/aromatic N) is 4. The number of hydroxylamine groups is 1. The van der Waals surface area contributed by atoms with Crippen LogP contribution in [0.1, 0.15) is 22.3 Å². The lowest BCUT2D eigenvalue weighted by Gasteiger charge is -2.36. The molecule has 0 spiro atoms. The van der Waals surface area contributed by atoms with E-state index in [1.807, 2.05) is 37.4 Å². The maximum absolute atomic E-state index is 15.0. The van der Waals surface area contributed by atoms with Gasteiger partial charge in [0.15, 0.2) is 0 Å². The summed E-state index contributed by atoms with van der Waals surface area (Å²) in [5.74, 6) is -1.17. The Morgan fingerprint density at radius 3 is 2.31 bits per heavy atom. The van der Waals surface area contributed by atoms with Gasteiger partial charge in [0.2, 0.25) is 0 Å². The summed E-state index contributed by atoms with van der Waals surface area (Å²) in [7, 11) is 3.34. The fourth-order valence-electron chi connectivity index (χ4n) is 5.64. The Kier molecular flexibility index (Phi) is 9.57. The molecule has 0 saturated heterocycles. The number of fused-ring (bicyclic) bond motifs is 1. The van der Waals surface area contributed by atoms with Gasteiger partial charge in [0.25, 0.3) is 0 Å². The average Bonchev–Trinajstić information content (AvgIpc) is 3.44. The number of carbonyl (C=O) groups excluding carboxylic acids is 2. The van der Waals surface area contributed by atoms with Crippen LogP contribution < -0.4 is 20.6 Å². The van der Waals surface area contributed by atoms with Crippen LogP contribution in [0.5, 0.6) is 0 Å². The van der Waals surface area contributed by atoms with Crippen LogP contribution in [0.15, 0.2) is 104 Å². The molecule has 0 atom stereocenters. The van der Waals surface area contributed by atoms with Gasteiger partial charge in [-0.2, -0.15) is 0 Å². The number of thiophene rings is 1. The molecular formula is C36H32F2N6O3S. The molecule has 0 fully saturated rings. The summed E-state index contributed by atoms with van der Waals surface area (Å²) in [4.78, 5) is 41.2. The van der Waals surface area contributed by atoms with Gasteiger partial charge in [-0.3, -0.25) is 14.6 Å². The zero-order chi connectivity index (χ0) is 33.8. The minimum Gasteiger partial charge on any atom is -0.306 e. The van der Waals surface area contributed by atoms with Gasteiger partial charge < -0.3 is 5.32 Å². The first-order chi connectivity index (χ1) is 23.2. The summed E-state index contributed by atoms with van der Waals surface area (Å²) in [5, 5.41) is 3.21. The standard InChI is InChI=1S/C36H32F2N6O3S/c1-23-32-28(21-42(2)20-24-10-5-4-6-11-24)33(25-15-17-26(18-16-25)40-35(45)41-47-3)48-34(32)43(22-27-29(37)12-9-13-30(27)38)36(46)44(23)31-14-7-8-19-39-31/h4-19H,1,20-22H2,2-3H3,(H2,40,41,45). The van der Waals surface area contributed by atoms with Crippen molar-refractivity contribution in [3.8, 4) is 10.4 Å². The fourth-order valence-corrected chi connectivity index (χ4v) is 6.97. The van der Waals surface area contributed by atoms with Gasteiger partial charge in [0.05, 0.1) is 19.4 Å². The molecule has 12 heteroatoms. The Balaban J connectivity index is 1.50. The first-order valence-corrected chi connectivity index (χ1v) is 15.8. The molecule has 244 valence electrons. The highest BCUT2D eigenvalue weighted by atomic mass is 32.1. The Labute approximate surface area is 280 Å². The molecule has 5 aromatic rings. The van der Waals surface area contributed by atoms with Crippen LogP contribution in [0.2, 0.25) is 0 Å². The van der Waals surface area contributed by atoms with Crippen LogP contribution in [0.3, 0.4) is 0 Å². The van der Waals surface area contributed by atoms with Crippen molar-refractivity contribution in [2.75, 3.05) is 29.3 Å². The van der Waals surface area contributed by atoms with Gasteiger partial charge in [0.1, 0.15) is 22.5 Å². The third-order valence-corrected chi connectivity index (χ3v) is 9.10. The first kappa shape index (κ1) is 32.5. The molecule has 4 amide bonds. The number of urea groups is 2. The van der Waals surface area contributed by atoms with Crippen LogP contribution in [-0.4, -0.2) is 36.1 Å². The summed E-state index contributed by atoms with van der Waals surface area (Å²) in [6.07, 6.45) is 1.57. The minimum absolute atomic E-state index is 0.229. The fraction of sp³-hybridized carbons (Fsp3) is 0.139. The van der Waals surface area contributed by atoms with Crippen molar-refractivity contribution in [2.24, 2.45) is 0 Å². The molecule has 0 radical (unpaired) electrons. The quantitative estimate of drug-likeness (QED) is 0.147. The number of aromatic nitrogens is 1. The zero-order valence-corrected chi connectivity index (χ0v) is 27.1. The Morgan fingerprint density at radius 1 is 0.938 bits per heavy atom. The topological polar surface area (TPSA) is 90.0 Å². The molecule has 0 unspecified atom stereocenters. The number of benzene rings is 3. The van der Waals surface area contributed by atoms with Crippen LogP contribution >= 0.6 is 11.3 Å². The van der Waals surface area contributed by atoms with E-state index in [0.717, 1.165) is 21.6 Å². The highest BCUT2D eigenvalue weighted by Gasteiger charge is 2.40. The van der Waals surface area contributed by atoms with Gasteiger partial charge >= 0.3 is 12.1 Å². The number of rotatable bonds is 10. The maximum Gasteiger partial charge on any atom is 0.343 e. The molecule has 0 bridgehead atoms. The van der Waals surface area contributed by atoms with Crippen molar-refractivity contribution in [2.45, 2.75) is 19.6 Å². The van der Waals surface area contributed by atoms with Crippen LogP contribution in [0.4, 0.5) is 34.9 Å². The van der Waals surface area contributed by atoms with E-state index in [2.05, 4.69) is 44.2 Å². The summed E-state index contributed by atoms with van der Waals surface area (Å²) in [6, 6.07) is 25.1. The number of nitrogens with one attached hydrogen (secondary N) is 2. The lowest BCUT2D eigenvalue weighted by molar-refractivity contribution is 0.114. The summed E-state index contributed by atoms with van der Waals surface area (Å²) >= 11 is 1.34. The molecule has 48 heavy (non-hydrogen) atoms. The third kappa shape index (κ3) is 6.67. The average molecular weight is 667 g/mol. The number of hydrogen-bond donors (Lipinski definition) is 2. The van der Waals surface area contributed by atoms with E-state index in [1.54, 1.807) is 36.5 Å². The molecular weight excluding hydrogens is 634 g/mol. The minimum atomic E-state index is -0.752. The molecule has 0 aliphatic carbocycles. The van der Waals surface area contributed by atoms with Crippen LogP contribution in [-0.2, 0) is 24.5 Å². The van der Waals surface area contributed by atoms with Crippen molar-refractivity contribution in [3.63, 3.8) is 0 Å². The lowest BCUT2D eigenvalue weighted by atomic mass is 10.00. The van der Waals surface area contributed by atoms with Crippen LogP contribution in [0, 0.1) is 11.6 Å². The molecule has 9 nitrogen and oxygen atoms in total. The Bertz CT molecular complexity index is 1930. The smallest absolute Gasteiger partial charge is 0.306 e. The molecule has 3 aromatic carbocycles. The summed E-state index contributed by atoms with van der Waals surface area (Å²) in [6.45, 7) is 5.12. The second-order valence-electron chi connectivity index (χ2n) is 11.1. The molecule has 0 saturated carbocycles. The predicted molar refractivity (Wildman–Crippen MR) is 184 cm³/mol. The molecule has 2 aromatic heterocycles. The molecule has 3 heterocycles. The van der Waals surface area contributed by atoms with Crippen molar-refractivity contribution in [1.29, 1.82) is 0 Å². The van der Waals surface area contributed by atoms with E-state index in [0.29, 0.717) is 40.9 Å². The number of pyridine rings is 1. The second-order valence-corrected chi connectivity index (χ2v) is 12.1. The predicted octanol–water partition coefficient (Wildman–Crippen LogP) is 8.02. The third-order valence-electron chi connectivity index (χ3n) is 7.79. The van der Waals surface area contributed by atoms with Crippen molar-refractivity contribution < 1.29 is 23.2 Å². The summed E-state index contributed by atoms with van der Waals surface area (Å²) in [5.41, 5.74) is 6.42. The molecule has 6 rings (SSSR count). The van der Waals surface area contributed by atoms with E-state index in [1.165, 1.54) is 46.4 Å². The zero-order valence-electron chi connectivity index (χ0n) is 26.2. The number of halogens is 2.